The highest BCUT2D eigenvalue weighted by molar-refractivity contribution is 6.04. The number of carbonyl (C=O) groups is 2. The highest BCUT2D eigenvalue weighted by atomic mass is 16.4. The van der Waals surface area contributed by atoms with Gasteiger partial charge in [-0.1, -0.05) is 25.1 Å². The fraction of sp³-hybridized carbons (Fsp3) is 0.444. The van der Waals surface area contributed by atoms with Crippen molar-refractivity contribution in [3.8, 4) is 0 Å². The molecule has 180 valence electrons. The van der Waals surface area contributed by atoms with Crippen molar-refractivity contribution in [3.63, 3.8) is 0 Å². The number of likely N-dealkylation sites (N-methyl/N-ethyl adjacent to an activating group) is 1. The molecule has 1 saturated heterocycles. The Kier molecular flexibility index (Phi) is 7.63. The molecule has 0 saturated carbocycles. The number of nitrogens with one attached hydrogen (secondary N) is 1. The molecule has 4 rings (SSSR count). The van der Waals surface area contributed by atoms with Crippen LogP contribution in [0.1, 0.15) is 59.2 Å². The van der Waals surface area contributed by atoms with Crippen molar-refractivity contribution in [2.45, 2.75) is 38.5 Å². The van der Waals surface area contributed by atoms with E-state index < -0.39 is 5.97 Å². The number of amides is 1. The van der Waals surface area contributed by atoms with E-state index in [1.807, 2.05) is 48.7 Å². The van der Waals surface area contributed by atoms with Gasteiger partial charge in [-0.15, -0.1) is 0 Å². The smallest absolute Gasteiger partial charge is 0.303 e. The monoisotopic (exact) mass is 462 g/mol. The summed E-state index contributed by atoms with van der Waals surface area (Å²) in [5.41, 5.74) is 4.68. The van der Waals surface area contributed by atoms with E-state index in [9.17, 15) is 14.7 Å². The van der Waals surface area contributed by atoms with Gasteiger partial charge in [0.1, 0.15) is 0 Å². The summed E-state index contributed by atoms with van der Waals surface area (Å²) >= 11 is 0. The molecule has 0 bridgehead atoms. The zero-order valence-corrected chi connectivity index (χ0v) is 20.0. The number of piperazine rings is 1. The Bertz CT molecular complexity index is 1040. The van der Waals surface area contributed by atoms with Crippen LogP contribution in [0.2, 0.25) is 0 Å². The predicted molar refractivity (Wildman–Crippen MR) is 135 cm³/mol. The lowest BCUT2D eigenvalue weighted by Crippen LogP contribution is -2.41. The summed E-state index contributed by atoms with van der Waals surface area (Å²) in [5, 5.41) is 18.9. The van der Waals surface area contributed by atoms with Crippen molar-refractivity contribution in [1.29, 1.82) is 0 Å². The fourth-order valence-corrected chi connectivity index (χ4v) is 5.04. The first-order valence-electron chi connectivity index (χ1n) is 12.2. The molecule has 0 spiro atoms. The molecule has 2 atom stereocenters. The van der Waals surface area contributed by atoms with E-state index in [-0.39, 0.29) is 24.2 Å². The average Bonchev–Trinajstić information content (AvgIpc) is 2.83. The third kappa shape index (κ3) is 5.83. The molecular weight excluding hydrogens is 428 g/mol. The van der Waals surface area contributed by atoms with Crippen LogP contribution in [0.15, 0.2) is 47.6 Å². The number of hydrazone groups is 1. The van der Waals surface area contributed by atoms with Crippen molar-refractivity contribution in [1.82, 2.24) is 9.91 Å². The maximum Gasteiger partial charge on any atom is 0.303 e. The molecule has 1 aliphatic carbocycles. The number of carboxylic acids is 1. The number of anilines is 1. The van der Waals surface area contributed by atoms with Crippen LogP contribution in [-0.2, 0) is 11.2 Å². The van der Waals surface area contributed by atoms with E-state index in [1.54, 1.807) is 0 Å². The van der Waals surface area contributed by atoms with Crippen molar-refractivity contribution >= 4 is 23.8 Å². The second kappa shape index (κ2) is 10.8. The molecule has 2 aromatic rings. The Morgan fingerprint density at radius 2 is 1.85 bits per heavy atom. The molecule has 2 N–H and O–H groups in total. The maximum atomic E-state index is 13.0. The third-order valence-corrected chi connectivity index (χ3v) is 7.06. The minimum Gasteiger partial charge on any atom is -0.481 e. The van der Waals surface area contributed by atoms with Crippen LogP contribution in [0.5, 0.6) is 0 Å². The number of nitrogens with zero attached hydrogens (tertiary/aromatic N) is 3. The number of carboxylic acid groups (broad SMARTS) is 1. The van der Waals surface area contributed by atoms with Crippen LogP contribution < -0.4 is 5.32 Å². The predicted octanol–water partition coefficient (Wildman–Crippen LogP) is 4.05. The van der Waals surface area contributed by atoms with Crippen molar-refractivity contribution in [3.05, 3.63) is 64.7 Å². The normalized spacial score (nSPS) is 20.8. The van der Waals surface area contributed by atoms with Crippen LogP contribution >= 0.6 is 0 Å². The molecule has 2 unspecified atom stereocenters. The van der Waals surface area contributed by atoms with Gasteiger partial charge in [-0.05, 0) is 79.1 Å². The van der Waals surface area contributed by atoms with E-state index in [2.05, 4.69) is 34.3 Å². The Balaban J connectivity index is 1.40. The molecular formula is C27H34N4O3. The van der Waals surface area contributed by atoms with Crippen LogP contribution in [0.3, 0.4) is 0 Å². The van der Waals surface area contributed by atoms with E-state index in [0.717, 1.165) is 62.3 Å². The molecule has 1 fully saturated rings. The van der Waals surface area contributed by atoms with Crippen LogP contribution in [-0.4, -0.2) is 66.3 Å². The van der Waals surface area contributed by atoms with Gasteiger partial charge >= 0.3 is 5.97 Å². The molecule has 0 aromatic heterocycles. The first-order valence-corrected chi connectivity index (χ1v) is 12.2. The standard InChI is InChI=1S/C27H34N4O3/c1-3-24-21(17-26(32)33)8-6-20-7-9-22(16-25(20)24)27(34)29-23-10-4-19(5-11-23)18-28-31-14-12-30(2)13-15-31/h4-5,7,9-11,16,18,21,24H,3,6,8,12-15,17H2,1-2H3,(H,29,34)(H,32,33). The molecule has 1 heterocycles. The van der Waals surface area contributed by atoms with Gasteiger partial charge in [-0.3, -0.25) is 14.6 Å². The van der Waals surface area contributed by atoms with Gasteiger partial charge in [0.05, 0.1) is 6.21 Å². The summed E-state index contributed by atoms with van der Waals surface area (Å²) in [6.07, 6.45) is 4.65. The van der Waals surface area contributed by atoms with E-state index in [0.29, 0.717) is 5.56 Å². The topological polar surface area (TPSA) is 85.2 Å². The average molecular weight is 463 g/mol. The molecule has 34 heavy (non-hydrogen) atoms. The zero-order chi connectivity index (χ0) is 24.1. The first-order chi connectivity index (χ1) is 16.4. The van der Waals surface area contributed by atoms with Crippen molar-refractivity contribution in [2.75, 3.05) is 38.5 Å². The summed E-state index contributed by atoms with van der Waals surface area (Å²) in [7, 11) is 2.12. The van der Waals surface area contributed by atoms with Gasteiger partial charge < -0.3 is 15.3 Å². The number of carbonyl (C=O) groups excluding carboxylic acids is 1. The molecule has 1 amide bonds. The summed E-state index contributed by atoms with van der Waals surface area (Å²) < 4.78 is 0. The number of aliphatic carboxylic acids is 1. The second-order valence-corrected chi connectivity index (χ2v) is 9.40. The second-order valence-electron chi connectivity index (χ2n) is 9.40. The molecule has 7 nitrogen and oxygen atoms in total. The van der Waals surface area contributed by atoms with Gasteiger partial charge in [0.15, 0.2) is 0 Å². The maximum absolute atomic E-state index is 13.0. The number of hydrogen-bond donors (Lipinski definition) is 2. The van der Waals surface area contributed by atoms with E-state index in [4.69, 9.17) is 0 Å². The molecule has 2 aliphatic rings. The number of hydrogen-bond acceptors (Lipinski definition) is 5. The minimum absolute atomic E-state index is 0.119. The third-order valence-electron chi connectivity index (χ3n) is 7.06. The Morgan fingerprint density at radius 1 is 1.12 bits per heavy atom. The Hall–Kier alpha value is -3.19. The van der Waals surface area contributed by atoms with E-state index >= 15 is 0 Å². The Labute approximate surface area is 201 Å². The quantitative estimate of drug-likeness (QED) is 0.607. The zero-order valence-electron chi connectivity index (χ0n) is 20.0. The van der Waals surface area contributed by atoms with Crippen LogP contribution in [0.4, 0.5) is 5.69 Å². The number of benzene rings is 2. The molecule has 7 heteroatoms. The number of fused-ring (bicyclic) bond motifs is 1. The Morgan fingerprint density at radius 3 is 2.53 bits per heavy atom. The first kappa shape index (κ1) is 24.0. The van der Waals surface area contributed by atoms with Crippen molar-refractivity contribution in [2.24, 2.45) is 11.0 Å². The molecule has 0 radical (unpaired) electrons. The lowest BCUT2D eigenvalue weighted by atomic mass is 9.72. The number of rotatable bonds is 7. The van der Waals surface area contributed by atoms with E-state index in [1.165, 1.54) is 5.56 Å². The van der Waals surface area contributed by atoms with Crippen LogP contribution in [0, 0.1) is 5.92 Å². The summed E-state index contributed by atoms with van der Waals surface area (Å²) in [4.78, 5) is 26.6. The van der Waals surface area contributed by atoms with Gasteiger partial charge in [0, 0.05) is 43.9 Å². The van der Waals surface area contributed by atoms with Crippen molar-refractivity contribution < 1.29 is 14.7 Å². The van der Waals surface area contributed by atoms with Gasteiger partial charge in [-0.2, -0.15) is 5.10 Å². The summed E-state index contributed by atoms with van der Waals surface area (Å²) in [6, 6.07) is 13.5. The fourth-order valence-electron chi connectivity index (χ4n) is 5.04. The summed E-state index contributed by atoms with van der Waals surface area (Å²) in [5.74, 6) is -0.616. The summed E-state index contributed by atoms with van der Waals surface area (Å²) in [6.45, 7) is 5.99. The SMILES string of the molecule is CCC1c2cc(C(=O)Nc3ccc(C=NN4CCN(C)CC4)cc3)ccc2CCC1CC(=O)O. The highest BCUT2D eigenvalue weighted by Crippen LogP contribution is 2.40. The lowest BCUT2D eigenvalue weighted by Gasteiger charge is -2.32. The van der Waals surface area contributed by atoms with Crippen LogP contribution in [0.25, 0.3) is 0 Å². The largest absolute Gasteiger partial charge is 0.481 e. The highest BCUT2D eigenvalue weighted by Gasteiger charge is 2.30. The minimum atomic E-state index is -0.752. The molecule has 2 aromatic carbocycles. The van der Waals surface area contributed by atoms with Gasteiger partial charge in [0.25, 0.3) is 5.91 Å². The number of aryl methyl sites for hydroxylation is 1. The van der Waals surface area contributed by atoms with Gasteiger partial charge in [0.2, 0.25) is 0 Å². The lowest BCUT2D eigenvalue weighted by molar-refractivity contribution is -0.138. The van der Waals surface area contributed by atoms with Gasteiger partial charge in [-0.25, -0.2) is 0 Å². The molecule has 1 aliphatic heterocycles.